The zero-order valence-electron chi connectivity index (χ0n) is 11.2. The lowest BCUT2D eigenvalue weighted by Gasteiger charge is -2.47. The number of thiazole rings is 1. The second kappa shape index (κ2) is 5.31. The predicted octanol–water partition coefficient (Wildman–Crippen LogP) is 1.23. The van der Waals surface area contributed by atoms with Crippen LogP contribution in [0.2, 0.25) is 0 Å². The van der Waals surface area contributed by atoms with Crippen LogP contribution in [0.5, 0.6) is 0 Å². The first-order chi connectivity index (χ1) is 9.57. The number of hydrogen-bond donors (Lipinski definition) is 3. The molecule has 1 aliphatic heterocycles. The largest absolute Gasteiger partial charge is 0.465 e. The Bertz CT molecular complexity index is 465. The van der Waals surface area contributed by atoms with Gasteiger partial charge in [-0.25, -0.2) is 4.79 Å². The Labute approximate surface area is 121 Å². The van der Waals surface area contributed by atoms with Gasteiger partial charge in [0.1, 0.15) is 5.60 Å². The number of rotatable bonds is 3. The Morgan fingerprint density at radius 1 is 1.45 bits per heavy atom. The van der Waals surface area contributed by atoms with Crippen LogP contribution in [0.3, 0.4) is 0 Å². The van der Waals surface area contributed by atoms with Crippen LogP contribution in [0.25, 0.3) is 0 Å². The maximum atomic E-state index is 10.7. The van der Waals surface area contributed by atoms with Crippen LogP contribution in [-0.2, 0) is 5.60 Å². The molecule has 1 saturated carbocycles. The van der Waals surface area contributed by atoms with Crippen molar-refractivity contribution in [3.05, 3.63) is 16.6 Å². The molecule has 1 aromatic rings. The number of nitrogens with zero attached hydrogens (tertiary/aromatic N) is 2. The van der Waals surface area contributed by atoms with Gasteiger partial charge in [-0.2, -0.15) is 0 Å². The van der Waals surface area contributed by atoms with E-state index in [0.29, 0.717) is 6.04 Å². The highest BCUT2D eigenvalue weighted by molar-refractivity contribution is 7.09. The van der Waals surface area contributed by atoms with Gasteiger partial charge in [0.15, 0.2) is 0 Å². The smallest absolute Gasteiger partial charge is 0.404 e. The first-order valence-electron chi connectivity index (χ1n) is 6.92. The highest BCUT2D eigenvalue weighted by atomic mass is 32.1. The van der Waals surface area contributed by atoms with Gasteiger partial charge in [-0.1, -0.05) is 0 Å². The molecule has 1 aromatic heterocycles. The number of nitrogens with one attached hydrogen (secondary N) is 1. The van der Waals surface area contributed by atoms with Crippen LogP contribution < -0.4 is 5.32 Å². The molecule has 6 nitrogen and oxygen atoms in total. The SMILES string of the molecule is O=C(O)NC1CN([C@H]2CC[C@](O)(c3cncs3)CC2)C1. The first-order valence-corrected chi connectivity index (χ1v) is 7.80. The fraction of sp³-hybridized carbons (Fsp3) is 0.692. The molecular formula is C13H19N3O3S. The van der Waals surface area contributed by atoms with Crippen LogP contribution in [0.4, 0.5) is 4.79 Å². The molecule has 2 aliphatic rings. The first kappa shape index (κ1) is 13.8. The maximum Gasteiger partial charge on any atom is 0.404 e. The van der Waals surface area contributed by atoms with Crippen molar-refractivity contribution in [1.82, 2.24) is 15.2 Å². The predicted molar refractivity (Wildman–Crippen MR) is 74.8 cm³/mol. The second-order valence-electron chi connectivity index (χ2n) is 5.73. The van der Waals surface area contributed by atoms with E-state index in [4.69, 9.17) is 5.11 Å². The van der Waals surface area contributed by atoms with E-state index in [1.807, 2.05) is 0 Å². The summed E-state index contributed by atoms with van der Waals surface area (Å²) in [5.74, 6) is 0. The summed E-state index contributed by atoms with van der Waals surface area (Å²) in [6, 6.07) is 0.532. The van der Waals surface area contributed by atoms with E-state index in [1.165, 1.54) is 11.3 Å². The van der Waals surface area contributed by atoms with Crippen molar-refractivity contribution in [2.75, 3.05) is 13.1 Å². The molecule has 3 rings (SSSR count). The second-order valence-corrected chi connectivity index (χ2v) is 6.62. The molecule has 7 heteroatoms. The van der Waals surface area contributed by atoms with E-state index >= 15 is 0 Å². The minimum absolute atomic E-state index is 0.0646. The lowest BCUT2D eigenvalue weighted by atomic mass is 9.80. The van der Waals surface area contributed by atoms with Gasteiger partial charge in [-0.3, -0.25) is 9.88 Å². The van der Waals surface area contributed by atoms with Gasteiger partial charge in [0, 0.05) is 25.3 Å². The number of aromatic nitrogens is 1. The van der Waals surface area contributed by atoms with Crippen molar-refractivity contribution in [1.29, 1.82) is 0 Å². The number of hydrogen-bond acceptors (Lipinski definition) is 5. The molecule has 0 atom stereocenters. The normalized spacial score (nSPS) is 31.8. The molecule has 3 N–H and O–H groups in total. The molecule has 2 fully saturated rings. The lowest BCUT2D eigenvalue weighted by Crippen LogP contribution is -2.62. The number of carboxylic acid groups (broad SMARTS) is 1. The Kier molecular flexibility index (Phi) is 3.66. The lowest BCUT2D eigenvalue weighted by molar-refractivity contribution is -0.0375. The summed E-state index contributed by atoms with van der Waals surface area (Å²) >= 11 is 1.51. The van der Waals surface area contributed by atoms with Crippen molar-refractivity contribution in [3.8, 4) is 0 Å². The van der Waals surface area contributed by atoms with Crippen LogP contribution in [0, 0.1) is 0 Å². The summed E-state index contributed by atoms with van der Waals surface area (Å²) < 4.78 is 0. The van der Waals surface area contributed by atoms with Crippen molar-refractivity contribution in [2.45, 2.75) is 43.4 Å². The summed E-state index contributed by atoms with van der Waals surface area (Å²) in [6.07, 6.45) is 4.24. The number of likely N-dealkylation sites (tertiary alicyclic amines) is 1. The fourth-order valence-corrected chi connectivity index (χ4v) is 3.99. The number of aliphatic hydroxyl groups is 1. The van der Waals surface area contributed by atoms with E-state index < -0.39 is 11.7 Å². The van der Waals surface area contributed by atoms with Gasteiger partial charge in [0.25, 0.3) is 0 Å². The third kappa shape index (κ3) is 2.65. The maximum absolute atomic E-state index is 10.7. The Balaban J connectivity index is 1.49. The Morgan fingerprint density at radius 2 is 2.15 bits per heavy atom. The molecule has 1 aliphatic carbocycles. The molecule has 0 radical (unpaired) electrons. The summed E-state index contributed by atoms with van der Waals surface area (Å²) in [6.45, 7) is 1.58. The zero-order valence-corrected chi connectivity index (χ0v) is 12.0. The van der Waals surface area contributed by atoms with Gasteiger partial charge in [-0.15, -0.1) is 11.3 Å². The molecule has 1 amide bonds. The summed E-state index contributed by atoms with van der Waals surface area (Å²) in [5.41, 5.74) is 1.05. The van der Waals surface area contributed by atoms with Gasteiger partial charge >= 0.3 is 6.09 Å². The average Bonchev–Trinajstić information content (AvgIpc) is 2.89. The summed E-state index contributed by atoms with van der Waals surface area (Å²) in [7, 11) is 0. The van der Waals surface area contributed by atoms with Crippen LogP contribution >= 0.6 is 11.3 Å². The Morgan fingerprint density at radius 3 is 2.70 bits per heavy atom. The van der Waals surface area contributed by atoms with E-state index in [1.54, 1.807) is 11.7 Å². The van der Waals surface area contributed by atoms with Crippen molar-refractivity contribution in [2.24, 2.45) is 0 Å². The molecule has 0 spiro atoms. The number of carbonyl (C=O) groups is 1. The van der Waals surface area contributed by atoms with E-state index in [9.17, 15) is 9.90 Å². The van der Waals surface area contributed by atoms with Crippen LogP contribution in [0.15, 0.2) is 11.7 Å². The van der Waals surface area contributed by atoms with E-state index in [0.717, 1.165) is 43.6 Å². The zero-order chi connectivity index (χ0) is 14.2. The Hall–Kier alpha value is -1.18. The van der Waals surface area contributed by atoms with Gasteiger partial charge in [-0.05, 0) is 25.7 Å². The van der Waals surface area contributed by atoms with E-state index in [2.05, 4.69) is 15.2 Å². The minimum atomic E-state index is -0.946. The molecule has 0 bridgehead atoms. The monoisotopic (exact) mass is 297 g/mol. The average molecular weight is 297 g/mol. The molecule has 2 heterocycles. The third-order valence-corrected chi connectivity index (χ3v) is 5.39. The molecule has 1 saturated heterocycles. The van der Waals surface area contributed by atoms with Crippen molar-refractivity contribution < 1.29 is 15.0 Å². The van der Waals surface area contributed by atoms with Crippen LogP contribution in [-0.4, -0.2) is 51.4 Å². The topological polar surface area (TPSA) is 85.7 Å². The van der Waals surface area contributed by atoms with Gasteiger partial charge < -0.3 is 15.5 Å². The quantitative estimate of drug-likeness (QED) is 0.781. The van der Waals surface area contributed by atoms with Crippen molar-refractivity contribution in [3.63, 3.8) is 0 Å². The fourth-order valence-electron chi connectivity index (χ4n) is 3.21. The summed E-state index contributed by atoms with van der Waals surface area (Å²) in [5, 5.41) is 21.8. The standard InChI is InChI=1S/C13H19N3O3S/c17-12(18)15-9-6-16(7-9)10-1-3-13(19,4-2-10)11-5-14-8-20-11/h5,8-10,15,19H,1-4,6-7H2,(H,17,18)/t10-,13+. The molecule has 110 valence electrons. The molecule has 0 unspecified atom stereocenters. The third-order valence-electron chi connectivity index (χ3n) is 4.43. The van der Waals surface area contributed by atoms with E-state index in [-0.39, 0.29) is 6.04 Å². The van der Waals surface area contributed by atoms with Gasteiger partial charge in [0.05, 0.1) is 16.4 Å². The molecular weight excluding hydrogens is 278 g/mol. The number of amides is 1. The highest BCUT2D eigenvalue weighted by Crippen LogP contribution is 2.40. The van der Waals surface area contributed by atoms with Crippen LogP contribution in [0.1, 0.15) is 30.6 Å². The highest BCUT2D eigenvalue weighted by Gasteiger charge is 2.40. The van der Waals surface area contributed by atoms with Crippen molar-refractivity contribution >= 4 is 17.4 Å². The van der Waals surface area contributed by atoms with Gasteiger partial charge in [0.2, 0.25) is 0 Å². The minimum Gasteiger partial charge on any atom is -0.465 e. The molecule has 20 heavy (non-hydrogen) atoms. The summed E-state index contributed by atoms with van der Waals surface area (Å²) in [4.78, 5) is 17.9. The molecule has 0 aromatic carbocycles.